The van der Waals surface area contributed by atoms with E-state index in [0.29, 0.717) is 11.6 Å². The van der Waals surface area contributed by atoms with Crippen molar-refractivity contribution in [2.75, 3.05) is 11.4 Å². The number of piperidine rings is 1. The van der Waals surface area contributed by atoms with Crippen molar-refractivity contribution in [2.24, 2.45) is 0 Å². The molecule has 0 bridgehead atoms. The van der Waals surface area contributed by atoms with E-state index in [2.05, 4.69) is 11.8 Å². The molecule has 0 spiro atoms. The first kappa shape index (κ1) is 12.9. The van der Waals surface area contributed by atoms with Gasteiger partial charge in [0, 0.05) is 12.6 Å². The van der Waals surface area contributed by atoms with E-state index in [1.165, 1.54) is 12.8 Å². The Morgan fingerprint density at radius 1 is 1.39 bits per heavy atom. The summed E-state index contributed by atoms with van der Waals surface area (Å²) in [6, 6.07) is 7.88. The highest BCUT2D eigenvalue weighted by Gasteiger charge is 2.24. The Bertz CT molecular complexity index is 415. The van der Waals surface area contributed by atoms with Gasteiger partial charge in [0.15, 0.2) is 0 Å². The maximum Gasteiger partial charge on any atom is 0.337 e. The highest BCUT2D eigenvalue weighted by Crippen LogP contribution is 2.29. The number of hydrogen-bond acceptors (Lipinski definition) is 2. The van der Waals surface area contributed by atoms with E-state index in [9.17, 15) is 9.90 Å². The van der Waals surface area contributed by atoms with Crippen LogP contribution in [0.15, 0.2) is 24.3 Å². The number of anilines is 1. The van der Waals surface area contributed by atoms with Crippen LogP contribution in [0.2, 0.25) is 0 Å². The minimum atomic E-state index is -0.827. The smallest absolute Gasteiger partial charge is 0.337 e. The number of para-hydroxylation sites is 1. The topological polar surface area (TPSA) is 40.5 Å². The lowest BCUT2D eigenvalue weighted by Gasteiger charge is -2.38. The largest absolute Gasteiger partial charge is 0.478 e. The van der Waals surface area contributed by atoms with Crippen LogP contribution in [-0.4, -0.2) is 23.7 Å². The second-order valence-corrected chi connectivity index (χ2v) is 4.95. The molecule has 3 heteroatoms. The molecule has 0 aliphatic carbocycles. The van der Waals surface area contributed by atoms with Crippen LogP contribution in [0.5, 0.6) is 0 Å². The number of benzene rings is 1. The zero-order valence-corrected chi connectivity index (χ0v) is 10.9. The zero-order valence-electron chi connectivity index (χ0n) is 10.9. The van der Waals surface area contributed by atoms with E-state index in [0.717, 1.165) is 31.5 Å². The van der Waals surface area contributed by atoms with Crippen LogP contribution >= 0.6 is 0 Å². The molecule has 1 atom stereocenters. The van der Waals surface area contributed by atoms with Crippen LogP contribution in [-0.2, 0) is 0 Å². The normalized spacial score (nSPS) is 19.8. The Morgan fingerprint density at radius 3 is 2.89 bits per heavy atom. The van der Waals surface area contributed by atoms with Crippen molar-refractivity contribution >= 4 is 11.7 Å². The molecular weight excluding hydrogens is 226 g/mol. The fraction of sp³-hybridized carbons (Fsp3) is 0.533. The minimum absolute atomic E-state index is 0.431. The first-order chi connectivity index (χ1) is 8.74. The van der Waals surface area contributed by atoms with Crippen molar-refractivity contribution in [1.29, 1.82) is 0 Å². The Kier molecular flexibility index (Phi) is 4.24. The van der Waals surface area contributed by atoms with Gasteiger partial charge in [-0.1, -0.05) is 25.5 Å². The minimum Gasteiger partial charge on any atom is -0.478 e. The number of hydrogen-bond donors (Lipinski definition) is 1. The number of rotatable bonds is 4. The van der Waals surface area contributed by atoms with Gasteiger partial charge in [-0.15, -0.1) is 0 Å². The summed E-state index contributed by atoms with van der Waals surface area (Å²) in [6.07, 6.45) is 5.90. The van der Waals surface area contributed by atoms with Crippen LogP contribution in [0, 0.1) is 0 Å². The number of carboxylic acids is 1. The monoisotopic (exact) mass is 247 g/mol. The molecule has 1 aliphatic rings. The van der Waals surface area contributed by atoms with Crippen LogP contribution < -0.4 is 4.90 Å². The standard InChI is InChI=1S/C15H21NO2/c1-2-7-12-8-5-6-11-16(12)14-10-4-3-9-13(14)15(17)18/h3-4,9-10,12H,2,5-8,11H2,1H3,(H,17,18). The molecule has 0 saturated carbocycles. The average molecular weight is 247 g/mol. The summed E-state index contributed by atoms with van der Waals surface area (Å²) in [6.45, 7) is 3.17. The molecule has 1 aromatic carbocycles. The molecular formula is C15H21NO2. The van der Waals surface area contributed by atoms with E-state index in [1.54, 1.807) is 12.1 Å². The molecule has 18 heavy (non-hydrogen) atoms. The fourth-order valence-corrected chi connectivity index (χ4v) is 2.86. The summed E-state index contributed by atoms with van der Waals surface area (Å²) in [7, 11) is 0. The summed E-state index contributed by atoms with van der Waals surface area (Å²) >= 11 is 0. The second kappa shape index (κ2) is 5.89. The predicted octanol–water partition coefficient (Wildman–Crippen LogP) is 3.54. The Balaban J connectivity index is 2.30. The van der Waals surface area contributed by atoms with Crippen molar-refractivity contribution in [1.82, 2.24) is 0 Å². The Morgan fingerprint density at radius 2 is 2.17 bits per heavy atom. The first-order valence-corrected chi connectivity index (χ1v) is 6.83. The highest BCUT2D eigenvalue weighted by atomic mass is 16.4. The Labute approximate surface area is 108 Å². The lowest BCUT2D eigenvalue weighted by molar-refractivity contribution is 0.0697. The van der Waals surface area contributed by atoms with Crippen LogP contribution in [0.1, 0.15) is 49.4 Å². The van der Waals surface area contributed by atoms with E-state index in [1.807, 2.05) is 12.1 Å². The number of carbonyl (C=O) groups is 1. The van der Waals surface area contributed by atoms with Gasteiger partial charge in [0.2, 0.25) is 0 Å². The zero-order chi connectivity index (χ0) is 13.0. The lowest BCUT2D eigenvalue weighted by Crippen LogP contribution is -2.40. The maximum atomic E-state index is 11.3. The van der Waals surface area contributed by atoms with Gasteiger partial charge in [0.05, 0.1) is 11.3 Å². The third-order valence-electron chi connectivity index (χ3n) is 3.69. The second-order valence-electron chi connectivity index (χ2n) is 4.95. The number of nitrogens with zero attached hydrogens (tertiary/aromatic N) is 1. The predicted molar refractivity (Wildman–Crippen MR) is 73.3 cm³/mol. The van der Waals surface area contributed by atoms with Gasteiger partial charge in [-0.2, -0.15) is 0 Å². The Hall–Kier alpha value is -1.51. The van der Waals surface area contributed by atoms with Crippen molar-refractivity contribution in [2.45, 2.75) is 45.1 Å². The molecule has 1 heterocycles. The molecule has 3 nitrogen and oxygen atoms in total. The first-order valence-electron chi connectivity index (χ1n) is 6.83. The maximum absolute atomic E-state index is 11.3. The van der Waals surface area contributed by atoms with Crippen LogP contribution in [0.25, 0.3) is 0 Å². The highest BCUT2D eigenvalue weighted by molar-refractivity contribution is 5.94. The summed E-state index contributed by atoms with van der Waals surface area (Å²) in [4.78, 5) is 13.6. The average Bonchev–Trinajstić information content (AvgIpc) is 2.40. The van der Waals surface area contributed by atoms with Crippen LogP contribution in [0.3, 0.4) is 0 Å². The summed E-state index contributed by atoms with van der Waals surface area (Å²) in [5, 5.41) is 9.29. The lowest BCUT2D eigenvalue weighted by atomic mass is 9.96. The van der Waals surface area contributed by atoms with Crippen molar-refractivity contribution in [3.8, 4) is 0 Å². The van der Waals surface area contributed by atoms with Gasteiger partial charge in [-0.05, 0) is 37.8 Å². The molecule has 98 valence electrons. The van der Waals surface area contributed by atoms with Crippen molar-refractivity contribution < 1.29 is 9.90 Å². The van der Waals surface area contributed by atoms with E-state index in [-0.39, 0.29) is 0 Å². The summed E-state index contributed by atoms with van der Waals surface area (Å²) < 4.78 is 0. The van der Waals surface area contributed by atoms with Gasteiger partial charge >= 0.3 is 5.97 Å². The third-order valence-corrected chi connectivity index (χ3v) is 3.69. The van der Waals surface area contributed by atoms with Gasteiger partial charge in [0.1, 0.15) is 0 Å². The van der Waals surface area contributed by atoms with Crippen molar-refractivity contribution in [3.63, 3.8) is 0 Å². The number of carboxylic acid groups (broad SMARTS) is 1. The summed E-state index contributed by atoms with van der Waals surface area (Å²) in [5.74, 6) is -0.827. The van der Waals surface area contributed by atoms with Crippen LogP contribution in [0.4, 0.5) is 5.69 Å². The number of aromatic carboxylic acids is 1. The molecule has 2 rings (SSSR count). The molecule has 1 unspecified atom stereocenters. The molecule has 1 aliphatic heterocycles. The molecule has 1 aromatic rings. The van der Waals surface area contributed by atoms with Crippen molar-refractivity contribution in [3.05, 3.63) is 29.8 Å². The molecule has 0 aromatic heterocycles. The third kappa shape index (κ3) is 2.66. The van der Waals surface area contributed by atoms with E-state index < -0.39 is 5.97 Å². The van der Waals surface area contributed by atoms with E-state index in [4.69, 9.17) is 0 Å². The summed E-state index contributed by atoms with van der Waals surface area (Å²) in [5.41, 5.74) is 1.32. The SMILES string of the molecule is CCCC1CCCCN1c1ccccc1C(=O)O. The fourth-order valence-electron chi connectivity index (χ4n) is 2.86. The molecule has 0 radical (unpaired) electrons. The molecule has 1 saturated heterocycles. The van der Waals surface area contributed by atoms with Gasteiger partial charge in [-0.3, -0.25) is 0 Å². The molecule has 1 N–H and O–H groups in total. The molecule has 0 amide bonds. The van der Waals surface area contributed by atoms with Gasteiger partial charge in [0.25, 0.3) is 0 Å². The van der Waals surface area contributed by atoms with Gasteiger partial charge in [-0.25, -0.2) is 4.79 Å². The molecule has 1 fully saturated rings. The van der Waals surface area contributed by atoms with Gasteiger partial charge < -0.3 is 10.0 Å². The quantitative estimate of drug-likeness (QED) is 0.884. The van der Waals surface area contributed by atoms with E-state index >= 15 is 0 Å².